The van der Waals surface area contributed by atoms with Gasteiger partial charge in [0.15, 0.2) is 0 Å². The molecule has 102 valence electrons. The van der Waals surface area contributed by atoms with Crippen LogP contribution in [0.1, 0.15) is 27.0 Å². The molecule has 1 aromatic heterocycles. The highest BCUT2D eigenvalue weighted by atomic mass is 32.1. The number of thiophene rings is 1. The molecule has 3 nitrogen and oxygen atoms in total. The van der Waals surface area contributed by atoms with Gasteiger partial charge in [0.1, 0.15) is 17.6 Å². The van der Waals surface area contributed by atoms with E-state index >= 15 is 0 Å². The van der Waals surface area contributed by atoms with Crippen molar-refractivity contribution in [2.45, 2.75) is 20.0 Å². The number of aliphatic hydroxyl groups is 1. The first-order valence-corrected chi connectivity index (χ1v) is 6.85. The lowest BCUT2D eigenvalue weighted by molar-refractivity contribution is 0.214. The molecule has 1 heterocycles. The summed E-state index contributed by atoms with van der Waals surface area (Å²) in [5, 5.41) is 10.5. The first-order valence-electron chi connectivity index (χ1n) is 6.03. The average molecular weight is 278 g/mol. The third-order valence-corrected chi connectivity index (χ3v) is 4.09. The van der Waals surface area contributed by atoms with Crippen molar-refractivity contribution in [3.05, 3.63) is 45.1 Å². The van der Waals surface area contributed by atoms with E-state index in [1.165, 1.54) is 4.88 Å². The molecule has 4 heteroatoms. The van der Waals surface area contributed by atoms with Gasteiger partial charge in [-0.1, -0.05) is 0 Å². The van der Waals surface area contributed by atoms with Crippen LogP contribution in [0.3, 0.4) is 0 Å². The second-order valence-corrected chi connectivity index (χ2v) is 5.84. The van der Waals surface area contributed by atoms with Gasteiger partial charge in [-0.05, 0) is 37.6 Å². The number of rotatable bonds is 4. The Labute approximate surface area is 117 Å². The molecule has 0 aliphatic rings. The maximum absolute atomic E-state index is 10.5. The number of hydrogen-bond donors (Lipinski definition) is 1. The summed E-state index contributed by atoms with van der Waals surface area (Å²) >= 11 is 1.69. The predicted molar refractivity (Wildman–Crippen MR) is 77.4 cm³/mol. The van der Waals surface area contributed by atoms with E-state index in [1.807, 2.05) is 32.0 Å². The highest BCUT2D eigenvalue weighted by molar-refractivity contribution is 7.12. The molecule has 1 unspecified atom stereocenters. The number of aliphatic hydroxyl groups excluding tert-OH is 1. The van der Waals surface area contributed by atoms with Gasteiger partial charge in [0.2, 0.25) is 0 Å². The zero-order valence-electron chi connectivity index (χ0n) is 11.6. The maximum Gasteiger partial charge on any atom is 0.128 e. The summed E-state index contributed by atoms with van der Waals surface area (Å²) < 4.78 is 10.5. The van der Waals surface area contributed by atoms with Crippen LogP contribution in [-0.4, -0.2) is 19.3 Å². The summed E-state index contributed by atoms with van der Waals surface area (Å²) in [6.45, 7) is 4.06. The Morgan fingerprint density at radius 3 is 2.32 bits per heavy atom. The first-order chi connectivity index (χ1) is 9.06. The van der Waals surface area contributed by atoms with Crippen LogP contribution in [0.25, 0.3) is 0 Å². The van der Waals surface area contributed by atoms with Crippen LogP contribution in [0.5, 0.6) is 11.5 Å². The van der Waals surface area contributed by atoms with Crippen LogP contribution in [0.15, 0.2) is 24.3 Å². The predicted octanol–water partition coefficient (Wildman–Crippen LogP) is 3.46. The molecule has 2 aromatic rings. The minimum atomic E-state index is -0.675. The Bertz CT molecular complexity index is 575. The van der Waals surface area contributed by atoms with Crippen LogP contribution >= 0.6 is 11.3 Å². The molecule has 1 aromatic carbocycles. The van der Waals surface area contributed by atoms with Crippen molar-refractivity contribution < 1.29 is 14.6 Å². The second-order valence-electron chi connectivity index (χ2n) is 4.38. The molecule has 0 spiro atoms. The molecule has 1 N–H and O–H groups in total. The molecule has 0 bridgehead atoms. The molecule has 2 rings (SSSR count). The van der Waals surface area contributed by atoms with Gasteiger partial charge in [0.25, 0.3) is 0 Å². The summed E-state index contributed by atoms with van der Waals surface area (Å²) in [4.78, 5) is 2.32. The van der Waals surface area contributed by atoms with E-state index in [9.17, 15) is 5.11 Å². The van der Waals surface area contributed by atoms with Gasteiger partial charge in [-0.25, -0.2) is 0 Å². The van der Waals surface area contributed by atoms with Crippen LogP contribution in [-0.2, 0) is 0 Å². The molecule has 0 saturated carbocycles. The largest absolute Gasteiger partial charge is 0.497 e. The Hall–Kier alpha value is -1.52. The van der Waals surface area contributed by atoms with E-state index in [-0.39, 0.29) is 0 Å². The molecule has 19 heavy (non-hydrogen) atoms. The van der Waals surface area contributed by atoms with E-state index in [0.29, 0.717) is 11.5 Å². The minimum absolute atomic E-state index is 0.634. The molecule has 0 radical (unpaired) electrons. The van der Waals surface area contributed by atoms with Gasteiger partial charge in [-0.2, -0.15) is 0 Å². The molecule has 0 aliphatic heterocycles. The molecule has 0 amide bonds. The van der Waals surface area contributed by atoms with Crippen molar-refractivity contribution in [2.75, 3.05) is 14.2 Å². The molecular weight excluding hydrogens is 260 g/mol. The number of hydrogen-bond acceptors (Lipinski definition) is 4. The van der Waals surface area contributed by atoms with Gasteiger partial charge in [-0.15, -0.1) is 11.3 Å². The summed E-state index contributed by atoms with van der Waals surface area (Å²) in [5.74, 6) is 1.35. The zero-order chi connectivity index (χ0) is 14.0. The van der Waals surface area contributed by atoms with Crippen LogP contribution in [0.2, 0.25) is 0 Å². The fraction of sp³-hybridized carbons (Fsp3) is 0.333. The van der Waals surface area contributed by atoms with Gasteiger partial charge in [-0.3, -0.25) is 0 Å². The average Bonchev–Trinajstić information content (AvgIpc) is 2.76. The van der Waals surface area contributed by atoms with E-state index in [0.717, 1.165) is 16.0 Å². The highest BCUT2D eigenvalue weighted by Crippen LogP contribution is 2.36. The zero-order valence-corrected chi connectivity index (χ0v) is 12.4. The highest BCUT2D eigenvalue weighted by Gasteiger charge is 2.19. The number of aryl methyl sites for hydroxylation is 2. The Kier molecular flexibility index (Phi) is 4.12. The van der Waals surface area contributed by atoms with Crippen molar-refractivity contribution in [1.29, 1.82) is 0 Å². The third kappa shape index (κ3) is 2.74. The van der Waals surface area contributed by atoms with Crippen molar-refractivity contribution in [2.24, 2.45) is 0 Å². The number of ether oxygens (including phenoxy) is 2. The standard InChI is InChI=1S/C15H18O3S/c1-9-7-13(10(2)19-9)15(16)12-6-5-11(17-3)8-14(12)18-4/h5-8,15-16H,1-4H3. The van der Waals surface area contributed by atoms with Crippen molar-refractivity contribution in [3.63, 3.8) is 0 Å². The number of benzene rings is 1. The lowest BCUT2D eigenvalue weighted by Crippen LogP contribution is -2.03. The fourth-order valence-electron chi connectivity index (χ4n) is 2.13. The molecular formula is C15H18O3S. The Morgan fingerprint density at radius 1 is 1.05 bits per heavy atom. The molecule has 0 fully saturated rings. The molecule has 0 aliphatic carbocycles. The van der Waals surface area contributed by atoms with E-state index in [2.05, 4.69) is 0 Å². The van der Waals surface area contributed by atoms with Gasteiger partial charge < -0.3 is 14.6 Å². The van der Waals surface area contributed by atoms with Crippen molar-refractivity contribution in [3.8, 4) is 11.5 Å². The second kappa shape index (κ2) is 5.63. The summed E-state index contributed by atoms with van der Waals surface area (Å²) in [5.41, 5.74) is 1.69. The lowest BCUT2D eigenvalue weighted by atomic mass is 10.0. The van der Waals surface area contributed by atoms with Crippen LogP contribution in [0, 0.1) is 13.8 Å². The van der Waals surface area contributed by atoms with Crippen molar-refractivity contribution in [1.82, 2.24) is 0 Å². The van der Waals surface area contributed by atoms with Gasteiger partial charge >= 0.3 is 0 Å². The Morgan fingerprint density at radius 2 is 1.79 bits per heavy atom. The number of methoxy groups -OCH3 is 2. The minimum Gasteiger partial charge on any atom is -0.497 e. The quantitative estimate of drug-likeness (QED) is 0.930. The third-order valence-electron chi connectivity index (χ3n) is 3.11. The maximum atomic E-state index is 10.5. The van der Waals surface area contributed by atoms with Crippen molar-refractivity contribution >= 4 is 11.3 Å². The summed E-state index contributed by atoms with van der Waals surface area (Å²) in [7, 11) is 3.20. The van der Waals surface area contributed by atoms with Crippen LogP contribution in [0.4, 0.5) is 0 Å². The van der Waals surface area contributed by atoms with Gasteiger partial charge in [0, 0.05) is 21.4 Å². The monoisotopic (exact) mass is 278 g/mol. The topological polar surface area (TPSA) is 38.7 Å². The van der Waals surface area contributed by atoms with E-state index < -0.39 is 6.10 Å². The SMILES string of the molecule is COc1ccc(C(O)c2cc(C)sc2C)c(OC)c1. The Balaban J connectivity index is 2.43. The molecule has 0 saturated heterocycles. The van der Waals surface area contributed by atoms with Gasteiger partial charge in [0.05, 0.1) is 14.2 Å². The smallest absolute Gasteiger partial charge is 0.128 e. The summed E-state index contributed by atoms with van der Waals surface area (Å²) in [6, 6.07) is 7.48. The van der Waals surface area contributed by atoms with E-state index in [1.54, 1.807) is 31.6 Å². The fourth-order valence-corrected chi connectivity index (χ4v) is 3.09. The molecule has 1 atom stereocenters. The van der Waals surface area contributed by atoms with Crippen LogP contribution < -0.4 is 9.47 Å². The lowest BCUT2D eigenvalue weighted by Gasteiger charge is -2.15. The normalized spacial score (nSPS) is 12.3. The first kappa shape index (κ1) is 13.9. The van der Waals surface area contributed by atoms with E-state index in [4.69, 9.17) is 9.47 Å². The summed E-state index contributed by atoms with van der Waals surface area (Å²) in [6.07, 6.45) is -0.675.